The number of methoxy groups -OCH3 is 1. The second kappa shape index (κ2) is 10.9. The highest BCUT2D eigenvalue weighted by molar-refractivity contribution is 5.86. The Morgan fingerprint density at radius 2 is 1.69 bits per heavy atom. The molecule has 0 saturated carbocycles. The summed E-state index contributed by atoms with van der Waals surface area (Å²) in [4.78, 5) is 38.6. The summed E-state index contributed by atoms with van der Waals surface area (Å²) in [7, 11) is 1.49. The van der Waals surface area contributed by atoms with Crippen molar-refractivity contribution < 1.29 is 34.1 Å². The third-order valence-electron chi connectivity index (χ3n) is 6.63. The number of rotatable bonds is 8. The van der Waals surface area contributed by atoms with Gasteiger partial charge in [-0.1, -0.05) is 48.5 Å². The summed E-state index contributed by atoms with van der Waals surface area (Å²) >= 11 is 0. The quantitative estimate of drug-likeness (QED) is 0.527. The van der Waals surface area contributed by atoms with Crippen LogP contribution in [-0.4, -0.2) is 78.6 Å². The summed E-state index contributed by atoms with van der Waals surface area (Å²) in [6, 6.07) is 15.0. The van der Waals surface area contributed by atoms with Crippen LogP contribution in [0.3, 0.4) is 0 Å². The normalized spacial score (nSPS) is 20.0. The fourth-order valence-corrected chi connectivity index (χ4v) is 4.93. The number of aliphatic hydroxyl groups excluding tert-OH is 1. The van der Waals surface area contributed by atoms with Crippen LogP contribution >= 0.6 is 0 Å². The molecule has 9 nitrogen and oxygen atoms in total. The Balaban J connectivity index is 1.42. The lowest BCUT2D eigenvalue weighted by atomic mass is 9.95. The molecule has 3 atom stereocenters. The average molecular weight is 483 g/mol. The molecule has 2 aromatic rings. The van der Waals surface area contributed by atoms with Crippen LogP contribution in [0.25, 0.3) is 11.1 Å². The van der Waals surface area contributed by atoms with E-state index in [-0.39, 0.29) is 45.1 Å². The predicted octanol–water partition coefficient (Wildman–Crippen LogP) is 2.22. The van der Waals surface area contributed by atoms with Gasteiger partial charge >= 0.3 is 12.1 Å². The van der Waals surface area contributed by atoms with Crippen LogP contribution in [0.5, 0.6) is 0 Å². The van der Waals surface area contributed by atoms with Crippen molar-refractivity contribution in [1.29, 1.82) is 0 Å². The number of hydrogen-bond donors (Lipinski definition) is 3. The zero-order valence-electron chi connectivity index (χ0n) is 19.6. The lowest BCUT2D eigenvalue weighted by Crippen LogP contribution is -2.55. The number of carbonyl (C=O) groups excluding carboxylic acids is 2. The number of hydrogen-bond acceptors (Lipinski definition) is 6. The zero-order valence-corrected chi connectivity index (χ0v) is 19.6. The highest BCUT2D eigenvalue weighted by atomic mass is 16.5. The van der Waals surface area contributed by atoms with Crippen LogP contribution in [0.15, 0.2) is 48.5 Å². The molecule has 1 heterocycles. The first-order valence-corrected chi connectivity index (χ1v) is 11.7. The summed E-state index contributed by atoms with van der Waals surface area (Å²) in [5.74, 6) is -2.52. The lowest BCUT2D eigenvalue weighted by molar-refractivity contribution is -0.149. The van der Waals surface area contributed by atoms with Crippen molar-refractivity contribution in [2.45, 2.75) is 30.9 Å². The molecular weight excluding hydrogens is 452 g/mol. The van der Waals surface area contributed by atoms with Gasteiger partial charge in [-0.15, -0.1) is 0 Å². The molecule has 3 unspecified atom stereocenters. The van der Waals surface area contributed by atoms with Crippen LogP contribution < -0.4 is 5.32 Å². The molecule has 4 rings (SSSR count). The number of carboxylic acid groups (broad SMARTS) is 1. The van der Waals surface area contributed by atoms with Crippen LogP contribution in [-0.2, 0) is 19.1 Å². The van der Waals surface area contributed by atoms with Gasteiger partial charge in [-0.3, -0.25) is 9.59 Å². The number of ether oxygens (including phenoxy) is 2. The van der Waals surface area contributed by atoms with Crippen molar-refractivity contribution in [2.24, 2.45) is 5.92 Å². The minimum Gasteiger partial charge on any atom is -0.481 e. The lowest BCUT2D eigenvalue weighted by Gasteiger charge is -2.36. The van der Waals surface area contributed by atoms with E-state index in [1.165, 1.54) is 12.0 Å². The van der Waals surface area contributed by atoms with Gasteiger partial charge in [0, 0.05) is 39.1 Å². The van der Waals surface area contributed by atoms with Crippen molar-refractivity contribution in [3.05, 3.63) is 59.7 Å². The zero-order chi connectivity index (χ0) is 24.9. The fraction of sp³-hybridized carbons (Fsp3) is 0.423. The number of benzene rings is 2. The maximum absolute atomic E-state index is 13.1. The highest BCUT2D eigenvalue weighted by Gasteiger charge is 2.36. The Morgan fingerprint density at radius 3 is 2.29 bits per heavy atom. The van der Waals surface area contributed by atoms with Crippen LogP contribution in [0.2, 0.25) is 0 Å². The van der Waals surface area contributed by atoms with Crippen LogP contribution in [0.4, 0.5) is 4.79 Å². The van der Waals surface area contributed by atoms with E-state index in [0.717, 1.165) is 22.3 Å². The van der Waals surface area contributed by atoms with E-state index in [2.05, 4.69) is 5.32 Å². The Kier molecular flexibility index (Phi) is 7.67. The first-order valence-electron chi connectivity index (χ1n) is 11.7. The molecule has 2 aliphatic rings. The van der Waals surface area contributed by atoms with E-state index < -0.39 is 36.0 Å². The standard InChI is InChI=1S/C26H30N2O7/c1-34-11-10-23(24(30)28-13-16(25(31)32)12-17(29)14-28)27-26(33)35-15-22-20-8-4-2-6-18(20)19-7-3-5-9-21(19)22/h2-9,16-17,22-23,29H,10-15H2,1H3,(H,27,33)(H,31,32). The SMILES string of the molecule is COCCC(NC(=O)OCC1c2ccccc2-c2ccccc21)C(=O)N1CC(O)CC(C(=O)O)C1. The molecule has 1 saturated heterocycles. The second-order valence-corrected chi connectivity index (χ2v) is 8.97. The molecule has 186 valence electrons. The molecule has 2 amide bonds. The first kappa shape index (κ1) is 24.7. The molecule has 2 aromatic carbocycles. The predicted molar refractivity (Wildman–Crippen MR) is 127 cm³/mol. The number of nitrogens with zero attached hydrogens (tertiary/aromatic N) is 1. The Hall–Kier alpha value is -3.43. The molecule has 35 heavy (non-hydrogen) atoms. The highest BCUT2D eigenvalue weighted by Crippen LogP contribution is 2.44. The van der Waals surface area contributed by atoms with Crippen molar-refractivity contribution in [3.63, 3.8) is 0 Å². The van der Waals surface area contributed by atoms with E-state index in [9.17, 15) is 24.6 Å². The molecule has 9 heteroatoms. The molecule has 0 radical (unpaired) electrons. The smallest absolute Gasteiger partial charge is 0.407 e. The van der Waals surface area contributed by atoms with Gasteiger partial charge in [0.05, 0.1) is 12.0 Å². The minimum absolute atomic E-state index is 0.0124. The van der Waals surface area contributed by atoms with Crippen molar-refractivity contribution in [2.75, 3.05) is 33.4 Å². The van der Waals surface area contributed by atoms with Gasteiger partial charge in [0.2, 0.25) is 5.91 Å². The number of fused-ring (bicyclic) bond motifs is 3. The summed E-state index contributed by atoms with van der Waals surface area (Å²) in [5.41, 5.74) is 4.38. The van der Waals surface area contributed by atoms with Crippen molar-refractivity contribution in [3.8, 4) is 11.1 Å². The molecule has 0 bridgehead atoms. The Morgan fingerprint density at radius 1 is 1.06 bits per heavy atom. The number of amides is 2. The summed E-state index contributed by atoms with van der Waals surface area (Å²) in [5, 5.41) is 22.0. The number of aliphatic carboxylic acids is 1. The summed E-state index contributed by atoms with van der Waals surface area (Å²) < 4.78 is 10.6. The molecule has 1 aliphatic heterocycles. The van der Waals surface area contributed by atoms with Gasteiger partial charge in [0.25, 0.3) is 0 Å². The summed E-state index contributed by atoms with van der Waals surface area (Å²) in [6.45, 7) is 0.299. The average Bonchev–Trinajstić information content (AvgIpc) is 3.18. The minimum atomic E-state index is -1.07. The number of nitrogens with one attached hydrogen (secondary N) is 1. The number of alkyl carbamates (subject to hydrolysis) is 1. The molecule has 3 N–H and O–H groups in total. The van der Waals surface area contributed by atoms with Gasteiger partial charge in [-0.25, -0.2) is 4.79 Å². The van der Waals surface area contributed by atoms with Crippen molar-refractivity contribution >= 4 is 18.0 Å². The van der Waals surface area contributed by atoms with Gasteiger partial charge in [-0.2, -0.15) is 0 Å². The van der Waals surface area contributed by atoms with E-state index in [1.807, 2.05) is 48.5 Å². The maximum Gasteiger partial charge on any atom is 0.407 e. The second-order valence-electron chi connectivity index (χ2n) is 8.97. The number of likely N-dealkylation sites (tertiary alicyclic amines) is 1. The van der Waals surface area contributed by atoms with Crippen molar-refractivity contribution in [1.82, 2.24) is 10.2 Å². The Bertz CT molecular complexity index is 1040. The molecule has 0 spiro atoms. The van der Waals surface area contributed by atoms with Crippen LogP contribution in [0.1, 0.15) is 29.9 Å². The van der Waals surface area contributed by atoms with Gasteiger partial charge in [-0.05, 0) is 28.7 Å². The van der Waals surface area contributed by atoms with E-state index in [1.54, 1.807) is 0 Å². The van der Waals surface area contributed by atoms with Crippen LogP contribution in [0, 0.1) is 5.92 Å². The van der Waals surface area contributed by atoms with E-state index in [4.69, 9.17) is 9.47 Å². The number of carboxylic acids is 1. The number of piperidine rings is 1. The summed E-state index contributed by atoms with van der Waals surface area (Å²) in [6.07, 6.45) is -1.41. The number of β-amino-alcohol motifs (C(OH)–C–C–N with tert-alkyl or cyclic N) is 1. The van der Waals surface area contributed by atoms with Gasteiger partial charge in [0.1, 0.15) is 12.6 Å². The topological polar surface area (TPSA) is 125 Å². The molecule has 1 aliphatic carbocycles. The Labute approximate surface area is 203 Å². The van der Waals surface area contributed by atoms with Gasteiger partial charge < -0.3 is 29.9 Å². The van der Waals surface area contributed by atoms with E-state index in [0.29, 0.717) is 0 Å². The monoisotopic (exact) mass is 482 g/mol. The van der Waals surface area contributed by atoms with E-state index >= 15 is 0 Å². The first-order chi connectivity index (χ1) is 16.9. The molecular formula is C26H30N2O7. The largest absolute Gasteiger partial charge is 0.481 e. The van der Waals surface area contributed by atoms with Gasteiger partial charge in [0.15, 0.2) is 0 Å². The fourth-order valence-electron chi connectivity index (χ4n) is 4.93. The molecule has 1 fully saturated rings. The molecule has 0 aromatic heterocycles. The third kappa shape index (κ3) is 5.47. The maximum atomic E-state index is 13.1. The third-order valence-corrected chi connectivity index (χ3v) is 6.63. The number of aliphatic hydroxyl groups is 1. The number of carbonyl (C=O) groups is 3.